The number of nitrogens with one attached hydrogen (secondary N) is 3. The van der Waals surface area contributed by atoms with E-state index < -0.39 is 0 Å². The Balaban J connectivity index is 1.59. The van der Waals surface area contributed by atoms with Crippen LogP contribution in [0.15, 0.2) is 46.9 Å². The molecule has 7 heteroatoms. The average molecular weight is 411 g/mol. The van der Waals surface area contributed by atoms with E-state index in [-0.39, 0.29) is 30.2 Å². The van der Waals surface area contributed by atoms with Crippen molar-refractivity contribution in [2.24, 2.45) is 0 Å². The summed E-state index contributed by atoms with van der Waals surface area (Å²) in [6, 6.07) is 10.9. The predicted molar refractivity (Wildman–Crippen MR) is 115 cm³/mol. The Kier molecular flexibility index (Phi) is 6.72. The summed E-state index contributed by atoms with van der Waals surface area (Å²) in [5.74, 6) is 0.131. The van der Waals surface area contributed by atoms with E-state index in [1.165, 1.54) is 12.1 Å². The van der Waals surface area contributed by atoms with Gasteiger partial charge in [0.25, 0.3) is 0 Å². The highest BCUT2D eigenvalue weighted by molar-refractivity contribution is 5.89. The van der Waals surface area contributed by atoms with Crippen molar-refractivity contribution in [3.8, 4) is 0 Å². The van der Waals surface area contributed by atoms with E-state index in [9.17, 15) is 14.0 Å². The van der Waals surface area contributed by atoms with Crippen LogP contribution in [-0.2, 0) is 11.2 Å². The van der Waals surface area contributed by atoms with Gasteiger partial charge in [-0.3, -0.25) is 4.79 Å². The van der Waals surface area contributed by atoms with E-state index >= 15 is 0 Å². The maximum atomic E-state index is 13.5. The van der Waals surface area contributed by atoms with Crippen LogP contribution in [0.3, 0.4) is 0 Å². The number of aryl methyl sites for hydroxylation is 1. The first kappa shape index (κ1) is 21.4. The number of anilines is 1. The largest absolute Gasteiger partial charge is 0.459 e. The molecule has 0 radical (unpaired) electrons. The van der Waals surface area contributed by atoms with Crippen LogP contribution < -0.4 is 16.0 Å². The van der Waals surface area contributed by atoms with Crippen molar-refractivity contribution >= 4 is 28.6 Å². The average Bonchev–Trinajstić information content (AvgIpc) is 3.04. The molecule has 1 unspecified atom stereocenters. The minimum atomic E-state index is -0.351. The van der Waals surface area contributed by atoms with Crippen molar-refractivity contribution in [2.75, 3.05) is 11.9 Å². The van der Waals surface area contributed by atoms with Crippen LogP contribution in [0.4, 0.5) is 14.9 Å². The Morgan fingerprint density at radius 2 is 1.87 bits per heavy atom. The molecule has 30 heavy (non-hydrogen) atoms. The van der Waals surface area contributed by atoms with Crippen molar-refractivity contribution in [3.63, 3.8) is 0 Å². The summed E-state index contributed by atoms with van der Waals surface area (Å²) >= 11 is 0. The Morgan fingerprint density at radius 3 is 2.57 bits per heavy atom. The number of carbonyl (C=O) groups is 2. The molecule has 158 valence electrons. The molecule has 0 bridgehead atoms. The molecule has 3 rings (SSSR count). The summed E-state index contributed by atoms with van der Waals surface area (Å²) in [4.78, 5) is 24.2. The number of halogens is 1. The van der Waals surface area contributed by atoms with Crippen molar-refractivity contribution in [1.82, 2.24) is 10.6 Å². The summed E-state index contributed by atoms with van der Waals surface area (Å²) in [5, 5.41) is 9.11. The van der Waals surface area contributed by atoms with E-state index in [2.05, 4.69) is 16.0 Å². The number of furan rings is 1. The van der Waals surface area contributed by atoms with Gasteiger partial charge in [-0.1, -0.05) is 19.1 Å². The molecule has 0 aliphatic heterocycles. The van der Waals surface area contributed by atoms with E-state index in [0.717, 1.165) is 17.5 Å². The Morgan fingerprint density at radius 1 is 1.13 bits per heavy atom. The maximum Gasteiger partial charge on any atom is 0.319 e. The zero-order valence-electron chi connectivity index (χ0n) is 17.3. The van der Waals surface area contributed by atoms with Crippen LogP contribution >= 0.6 is 0 Å². The molecule has 6 nitrogen and oxygen atoms in total. The fourth-order valence-electron chi connectivity index (χ4n) is 3.29. The van der Waals surface area contributed by atoms with Crippen LogP contribution in [0.25, 0.3) is 11.0 Å². The van der Waals surface area contributed by atoms with E-state index in [1.54, 1.807) is 30.3 Å². The summed E-state index contributed by atoms with van der Waals surface area (Å²) in [7, 11) is 0. The van der Waals surface area contributed by atoms with Gasteiger partial charge in [-0.15, -0.1) is 0 Å². The van der Waals surface area contributed by atoms with Crippen LogP contribution in [0.2, 0.25) is 0 Å². The summed E-state index contributed by atoms with van der Waals surface area (Å²) in [5.41, 5.74) is 2.89. The second-order valence-electron chi connectivity index (χ2n) is 7.28. The summed E-state index contributed by atoms with van der Waals surface area (Å²) in [6.45, 7) is 6.28. The third-order valence-electron chi connectivity index (χ3n) is 4.82. The van der Waals surface area contributed by atoms with Gasteiger partial charge in [-0.2, -0.15) is 0 Å². The van der Waals surface area contributed by atoms with Crippen LogP contribution in [0, 0.1) is 12.7 Å². The molecule has 3 aromatic rings. The zero-order valence-corrected chi connectivity index (χ0v) is 17.3. The van der Waals surface area contributed by atoms with Crippen molar-refractivity contribution < 1.29 is 18.4 Å². The topological polar surface area (TPSA) is 83.4 Å². The maximum absolute atomic E-state index is 13.5. The third-order valence-corrected chi connectivity index (χ3v) is 4.82. The molecular weight excluding hydrogens is 385 g/mol. The predicted octanol–water partition coefficient (Wildman–Crippen LogP) is 4.83. The third kappa shape index (κ3) is 5.17. The second kappa shape index (κ2) is 9.43. The SMILES string of the molecule is CCCNC(=O)Nc1ccc(CC(=O)NC(C)c2oc3ccc(F)cc3c2C)cc1. The van der Waals surface area contributed by atoms with Gasteiger partial charge >= 0.3 is 6.03 Å². The van der Waals surface area contributed by atoms with Gasteiger partial charge in [0, 0.05) is 23.2 Å². The fourth-order valence-corrected chi connectivity index (χ4v) is 3.29. The van der Waals surface area contributed by atoms with Crippen LogP contribution in [0.5, 0.6) is 0 Å². The monoisotopic (exact) mass is 411 g/mol. The van der Waals surface area contributed by atoms with E-state index in [4.69, 9.17) is 4.42 Å². The number of hydrogen-bond donors (Lipinski definition) is 3. The lowest BCUT2D eigenvalue weighted by Gasteiger charge is -2.13. The first-order valence-corrected chi connectivity index (χ1v) is 9.99. The summed E-state index contributed by atoms with van der Waals surface area (Å²) in [6.07, 6.45) is 1.06. The van der Waals surface area contributed by atoms with Gasteiger partial charge in [-0.05, 0) is 56.2 Å². The smallest absolute Gasteiger partial charge is 0.319 e. The minimum Gasteiger partial charge on any atom is -0.459 e. The van der Waals surface area contributed by atoms with E-state index in [0.29, 0.717) is 29.0 Å². The number of amides is 3. The van der Waals surface area contributed by atoms with Gasteiger partial charge in [0.2, 0.25) is 5.91 Å². The number of rotatable bonds is 7. The van der Waals surface area contributed by atoms with Crippen LogP contribution in [0.1, 0.15) is 43.2 Å². The van der Waals surface area contributed by atoms with Crippen molar-refractivity contribution in [1.29, 1.82) is 0 Å². The van der Waals surface area contributed by atoms with Gasteiger partial charge in [0.1, 0.15) is 17.2 Å². The molecular formula is C23H26FN3O3. The first-order valence-electron chi connectivity index (χ1n) is 9.99. The van der Waals surface area contributed by atoms with E-state index in [1.807, 2.05) is 20.8 Å². The molecule has 0 saturated carbocycles. The molecule has 2 aromatic carbocycles. The molecule has 3 amide bonds. The Bertz CT molecular complexity index is 1040. The molecule has 1 heterocycles. The zero-order chi connectivity index (χ0) is 21.7. The number of benzene rings is 2. The standard InChI is InChI=1S/C23H26FN3O3/c1-4-11-25-23(29)27-18-8-5-16(6-9-18)12-21(28)26-15(3)22-14(2)19-13-17(24)7-10-20(19)30-22/h5-10,13,15H,4,11-12H2,1-3H3,(H,26,28)(H2,25,27,29). The van der Waals surface area contributed by atoms with Crippen molar-refractivity contribution in [3.05, 3.63) is 65.2 Å². The van der Waals surface area contributed by atoms with Crippen molar-refractivity contribution in [2.45, 2.75) is 39.7 Å². The number of carbonyl (C=O) groups excluding carboxylic acids is 2. The lowest BCUT2D eigenvalue weighted by molar-refractivity contribution is -0.121. The van der Waals surface area contributed by atoms with Crippen LogP contribution in [-0.4, -0.2) is 18.5 Å². The highest BCUT2D eigenvalue weighted by Crippen LogP contribution is 2.30. The molecule has 0 aliphatic rings. The van der Waals surface area contributed by atoms with Gasteiger partial charge in [0.05, 0.1) is 12.5 Å². The number of urea groups is 1. The minimum absolute atomic E-state index is 0.157. The molecule has 0 fully saturated rings. The molecule has 1 aromatic heterocycles. The molecule has 3 N–H and O–H groups in total. The Hall–Kier alpha value is -3.35. The molecule has 0 spiro atoms. The molecule has 1 atom stereocenters. The lowest BCUT2D eigenvalue weighted by atomic mass is 10.1. The van der Waals surface area contributed by atoms with Gasteiger partial charge in [0.15, 0.2) is 0 Å². The molecule has 0 saturated heterocycles. The number of hydrogen-bond acceptors (Lipinski definition) is 3. The van der Waals surface area contributed by atoms with Gasteiger partial charge < -0.3 is 20.4 Å². The quantitative estimate of drug-likeness (QED) is 0.521. The first-order chi connectivity index (χ1) is 14.4. The normalized spacial score (nSPS) is 11.9. The Labute approximate surface area is 174 Å². The number of fused-ring (bicyclic) bond motifs is 1. The highest BCUT2D eigenvalue weighted by atomic mass is 19.1. The summed E-state index contributed by atoms with van der Waals surface area (Å²) < 4.78 is 19.3. The second-order valence-corrected chi connectivity index (χ2v) is 7.28. The lowest BCUT2D eigenvalue weighted by Crippen LogP contribution is -2.29. The highest BCUT2D eigenvalue weighted by Gasteiger charge is 2.19. The molecule has 0 aliphatic carbocycles. The van der Waals surface area contributed by atoms with Gasteiger partial charge in [-0.25, -0.2) is 9.18 Å². The fraction of sp³-hybridized carbons (Fsp3) is 0.304.